The lowest BCUT2D eigenvalue weighted by Gasteiger charge is -2.10. The number of hydrogen-bond acceptors (Lipinski definition) is 4. The van der Waals surface area contributed by atoms with Gasteiger partial charge in [-0.15, -0.1) is 0 Å². The third kappa shape index (κ3) is 3.66. The zero-order chi connectivity index (χ0) is 12.8. The van der Waals surface area contributed by atoms with E-state index >= 15 is 0 Å². The van der Waals surface area contributed by atoms with Gasteiger partial charge in [0.05, 0.1) is 0 Å². The maximum atomic E-state index is 12.4. The summed E-state index contributed by atoms with van der Waals surface area (Å²) in [5.41, 5.74) is 1.58. The summed E-state index contributed by atoms with van der Waals surface area (Å²) in [5.74, 6) is -2.42. The van der Waals surface area contributed by atoms with Gasteiger partial charge in [-0.05, 0) is 12.1 Å². The van der Waals surface area contributed by atoms with Gasteiger partial charge in [0, 0.05) is 35.1 Å². The monoisotopic (exact) mass is 267 g/mol. The number of nitrogens with zero attached hydrogens (tertiary/aromatic N) is 2. The Kier molecular flexibility index (Phi) is 4.46. The van der Waals surface area contributed by atoms with Crippen molar-refractivity contribution < 1.29 is 8.78 Å². The van der Waals surface area contributed by atoms with E-state index in [1.165, 1.54) is 6.33 Å². The molecule has 0 radical (unpaired) electrons. The highest BCUT2D eigenvalue weighted by Gasteiger charge is 2.09. The van der Waals surface area contributed by atoms with E-state index in [2.05, 4.69) is 15.3 Å². The molecule has 2 rings (SSSR count). The molecule has 0 fully saturated rings. The van der Waals surface area contributed by atoms with E-state index < -0.39 is 5.76 Å². The average molecular weight is 267 g/mol. The standard InChI is InChI=1S/C12H11F2N3S/c13-12(14)18-11-4-2-1-3-10(11)17-7-9-5-15-8-16-6-9/h1-6,8,12,17H,7H2. The first kappa shape index (κ1) is 12.8. The van der Waals surface area contributed by atoms with Gasteiger partial charge >= 0.3 is 0 Å². The number of hydrogen-bond donors (Lipinski definition) is 1. The lowest BCUT2D eigenvalue weighted by Crippen LogP contribution is -2.01. The van der Waals surface area contributed by atoms with E-state index in [0.29, 0.717) is 28.9 Å². The first-order valence-electron chi connectivity index (χ1n) is 5.27. The van der Waals surface area contributed by atoms with Crippen molar-refractivity contribution in [2.45, 2.75) is 17.2 Å². The van der Waals surface area contributed by atoms with Crippen LogP contribution in [0.1, 0.15) is 5.56 Å². The third-order valence-electron chi connectivity index (χ3n) is 2.20. The van der Waals surface area contributed by atoms with Gasteiger partial charge in [0.15, 0.2) is 0 Å². The number of benzene rings is 1. The molecule has 1 heterocycles. The van der Waals surface area contributed by atoms with Crippen molar-refractivity contribution in [1.29, 1.82) is 0 Å². The fourth-order valence-electron chi connectivity index (χ4n) is 1.43. The van der Waals surface area contributed by atoms with Crippen LogP contribution in [0.15, 0.2) is 47.9 Å². The zero-order valence-electron chi connectivity index (χ0n) is 9.38. The normalized spacial score (nSPS) is 10.6. The summed E-state index contributed by atoms with van der Waals surface area (Å²) in [7, 11) is 0. The lowest BCUT2D eigenvalue weighted by molar-refractivity contribution is 0.252. The smallest absolute Gasteiger partial charge is 0.288 e. The Hall–Kier alpha value is -1.69. The predicted octanol–water partition coefficient (Wildman–Crippen LogP) is 3.40. The van der Waals surface area contributed by atoms with E-state index in [1.54, 1.807) is 36.7 Å². The fourth-order valence-corrected chi connectivity index (χ4v) is 2.05. The predicted molar refractivity (Wildman–Crippen MR) is 67.7 cm³/mol. The van der Waals surface area contributed by atoms with Crippen molar-refractivity contribution in [1.82, 2.24) is 9.97 Å². The van der Waals surface area contributed by atoms with Crippen molar-refractivity contribution >= 4 is 17.4 Å². The minimum atomic E-state index is -2.42. The summed E-state index contributed by atoms with van der Waals surface area (Å²) in [6, 6.07) is 6.98. The van der Waals surface area contributed by atoms with Crippen molar-refractivity contribution in [2.24, 2.45) is 0 Å². The summed E-state index contributed by atoms with van der Waals surface area (Å²) in [6.07, 6.45) is 4.82. The van der Waals surface area contributed by atoms with Gasteiger partial charge < -0.3 is 5.32 Å². The van der Waals surface area contributed by atoms with Crippen molar-refractivity contribution in [3.8, 4) is 0 Å². The Balaban J connectivity index is 2.05. The summed E-state index contributed by atoms with van der Waals surface area (Å²) in [4.78, 5) is 8.31. The number of aromatic nitrogens is 2. The minimum absolute atomic E-state index is 0.502. The van der Waals surface area contributed by atoms with Gasteiger partial charge in [0.25, 0.3) is 5.76 Å². The van der Waals surface area contributed by atoms with Crippen LogP contribution in [0.3, 0.4) is 0 Å². The van der Waals surface area contributed by atoms with Crippen molar-refractivity contribution in [3.63, 3.8) is 0 Å². The number of thioether (sulfide) groups is 1. The molecule has 2 aromatic rings. The first-order chi connectivity index (χ1) is 8.75. The topological polar surface area (TPSA) is 37.8 Å². The van der Waals surface area contributed by atoms with Crippen LogP contribution in [-0.2, 0) is 6.54 Å². The lowest BCUT2D eigenvalue weighted by atomic mass is 10.3. The number of alkyl halides is 2. The molecule has 0 bridgehead atoms. The molecule has 0 amide bonds. The molecule has 0 aliphatic carbocycles. The zero-order valence-corrected chi connectivity index (χ0v) is 10.2. The molecule has 0 saturated carbocycles. The van der Waals surface area contributed by atoms with Gasteiger partial charge in [-0.1, -0.05) is 23.9 Å². The largest absolute Gasteiger partial charge is 0.380 e. The Labute approximate surface area is 108 Å². The summed E-state index contributed by atoms with van der Waals surface area (Å²) in [5, 5.41) is 3.10. The Bertz CT molecular complexity index is 494. The molecule has 0 aliphatic heterocycles. The molecule has 18 heavy (non-hydrogen) atoms. The maximum absolute atomic E-state index is 12.4. The minimum Gasteiger partial charge on any atom is -0.380 e. The quantitative estimate of drug-likeness (QED) is 0.842. The van der Waals surface area contributed by atoms with Crippen LogP contribution in [0, 0.1) is 0 Å². The molecule has 1 N–H and O–H groups in total. The van der Waals surface area contributed by atoms with Crippen LogP contribution in [0.5, 0.6) is 0 Å². The number of rotatable bonds is 5. The van der Waals surface area contributed by atoms with Crippen molar-refractivity contribution in [2.75, 3.05) is 5.32 Å². The average Bonchev–Trinajstić information content (AvgIpc) is 2.38. The van der Waals surface area contributed by atoms with Crippen LogP contribution in [-0.4, -0.2) is 15.7 Å². The highest BCUT2D eigenvalue weighted by atomic mass is 32.2. The Morgan fingerprint density at radius 2 is 1.89 bits per heavy atom. The molecule has 6 heteroatoms. The molecule has 0 aliphatic rings. The molecule has 94 valence electrons. The Morgan fingerprint density at radius 3 is 2.61 bits per heavy atom. The molecule has 1 aromatic heterocycles. The SMILES string of the molecule is FC(F)Sc1ccccc1NCc1cncnc1. The number of anilines is 1. The highest BCUT2D eigenvalue weighted by Crippen LogP contribution is 2.31. The van der Waals surface area contributed by atoms with Crippen LogP contribution < -0.4 is 5.32 Å². The van der Waals surface area contributed by atoms with E-state index in [0.717, 1.165) is 5.56 Å². The van der Waals surface area contributed by atoms with Gasteiger partial charge in [-0.3, -0.25) is 0 Å². The van der Waals surface area contributed by atoms with E-state index in [4.69, 9.17) is 0 Å². The second-order valence-corrected chi connectivity index (χ2v) is 4.51. The van der Waals surface area contributed by atoms with Gasteiger partial charge in [0.1, 0.15) is 6.33 Å². The van der Waals surface area contributed by atoms with Crippen molar-refractivity contribution in [3.05, 3.63) is 48.5 Å². The summed E-state index contributed by atoms with van der Waals surface area (Å²) >= 11 is 0.533. The summed E-state index contributed by atoms with van der Waals surface area (Å²) < 4.78 is 24.8. The molecule has 0 saturated heterocycles. The van der Waals surface area contributed by atoms with Gasteiger partial charge in [0.2, 0.25) is 0 Å². The molecular weight excluding hydrogens is 256 g/mol. The maximum Gasteiger partial charge on any atom is 0.288 e. The van der Waals surface area contributed by atoms with Crippen LogP contribution in [0.25, 0.3) is 0 Å². The highest BCUT2D eigenvalue weighted by molar-refractivity contribution is 7.99. The molecule has 1 aromatic carbocycles. The van der Waals surface area contributed by atoms with Gasteiger partial charge in [-0.25, -0.2) is 9.97 Å². The molecule has 0 spiro atoms. The third-order valence-corrected chi connectivity index (χ3v) is 2.99. The molecule has 0 unspecified atom stereocenters. The second kappa shape index (κ2) is 6.30. The molecular formula is C12H11F2N3S. The molecule has 3 nitrogen and oxygen atoms in total. The molecule has 0 atom stereocenters. The first-order valence-corrected chi connectivity index (χ1v) is 6.15. The number of para-hydroxylation sites is 1. The van der Waals surface area contributed by atoms with Crippen LogP contribution in [0.4, 0.5) is 14.5 Å². The van der Waals surface area contributed by atoms with Crippen LogP contribution >= 0.6 is 11.8 Å². The van der Waals surface area contributed by atoms with E-state index in [-0.39, 0.29) is 0 Å². The Morgan fingerprint density at radius 1 is 1.17 bits per heavy atom. The fraction of sp³-hybridized carbons (Fsp3) is 0.167. The summed E-state index contributed by atoms with van der Waals surface area (Å²) in [6.45, 7) is 0.502. The van der Waals surface area contributed by atoms with Crippen LogP contribution in [0.2, 0.25) is 0 Å². The van der Waals surface area contributed by atoms with E-state index in [1.807, 2.05) is 0 Å². The van der Waals surface area contributed by atoms with Gasteiger partial charge in [-0.2, -0.15) is 8.78 Å². The van der Waals surface area contributed by atoms with E-state index in [9.17, 15) is 8.78 Å². The second-order valence-electron chi connectivity index (χ2n) is 3.47. The number of halogens is 2. The number of nitrogens with one attached hydrogen (secondary N) is 1.